The lowest BCUT2D eigenvalue weighted by Crippen LogP contribution is -2.36. The smallest absolute Gasteiger partial charge is 0.255 e. The highest BCUT2D eigenvalue weighted by Gasteiger charge is 2.19. The number of halogens is 3. The monoisotopic (exact) mass is 325 g/mol. The highest BCUT2D eigenvalue weighted by atomic mass is 35.5. The van der Waals surface area contributed by atoms with Crippen molar-refractivity contribution in [3.63, 3.8) is 0 Å². The van der Waals surface area contributed by atoms with Crippen molar-refractivity contribution in [1.29, 1.82) is 0 Å². The minimum Gasteiger partial charge on any atom is -0.332 e. The number of hydrogen-bond acceptors (Lipinski definition) is 3. The summed E-state index contributed by atoms with van der Waals surface area (Å²) in [7, 11) is -3.36. The van der Waals surface area contributed by atoms with Gasteiger partial charge in [-0.15, -0.1) is 11.6 Å². The second kappa shape index (κ2) is 6.99. The van der Waals surface area contributed by atoms with E-state index >= 15 is 0 Å². The summed E-state index contributed by atoms with van der Waals surface area (Å²) in [5.41, 5.74) is 0.142. The molecule has 1 aromatic carbocycles. The Morgan fingerprint density at radius 2 is 1.85 bits per heavy atom. The van der Waals surface area contributed by atoms with Crippen LogP contribution < -0.4 is 0 Å². The van der Waals surface area contributed by atoms with Crippen molar-refractivity contribution in [1.82, 2.24) is 4.90 Å². The Bertz CT molecular complexity index is 561. The third-order valence-electron chi connectivity index (χ3n) is 2.53. The molecule has 0 aliphatic rings. The van der Waals surface area contributed by atoms with Crippen LogP contribution in [0.3, 0.4) is 0 Å². The summed E-state index contributed by atoms with van der Waals surface area (Å²) in [6, 6.07) is 5.13. The summed E-state index contributed by atoms with van der Waals surface area (Å²) in [6.07, 6.45) is -1.61. The van der Waals surface area contributed by atoms with Crippen LogP contribution >= 0.6 is 11.6 Å². The first-order valence-corrected chi connectivity index (χ1v) is 8.12. The number of sulfone groups is 1. The van der Waals surface area contributed by atoms with Gasteiger partial charge < -0.3 is 4.90 Å². The first-order valence-electron chi connectivity index (χ1n) is 5.69. The summed E-state index contributed by atoms with van der Waals surface area (Å²) in [5, 5.41) is 0. The van der Waals surface area contributed by atoms with Crippen molar-refractivity contribution in [2.24, 2.45) is 0 Å². The van der Waals surface area contributed by atoms with Gasteiger partial charge in [-0.1, -0.05) is 0 Å². The summed E-state index contributed by atoms with van der Waals surface area (Å²) in [4.78, 5) is 13.0. The van der Waals surface area contributed by atoms with E-state index in [2.05, 4.69) is 0 Å². The third kappa shape index (κ3) is 4.72. The molecule has 0 bridgehead atoms. The number of hydrogen-bond donors (Lipinski definition) is 0. The number of nitrogens with zero attached hydrogens (tertiary/aromatic N) is 1. The average Bonchev–Trinajstić information content (AvgIpc) is 2.36. The average molecular weight is 326 g/mol. The predicted molar refractivity (Wildman–Crippen MR) is 72.2 cm³/mol. The summed E-state index contributed by atoms with van der Waals surface area (Å²) >= 11 is 5.48. The van der Waals surface area contributed by atoms with E-state index in [4.69, 9.17) is 11.6 Å². The summed E-state index contributed by atoms with van der Waals surface area (Å²) in [5.74, 6) is -0.564. The van der Waals surface area contributed by atoms with E-state index in [9.17, 15) is 22.0 Å². The molecule has 1 amide bonds. The lowest BCUT2D eigenvalue weighted by molar-refractivity contribution is 0.0571. The van der Waals surface area contributed by atoms with E-state index in [0.717, 1.165) is 11.2 Å². The van der Waals surface area contributed by atoms with Crippen LogP contribution in [0.4, 0.5) is 8.78 Å². The van der Waals surface area contributed by atoms with Crippen molar-refractivity contribution >= 4 is 27.3 Å². The van der Waals surface area contributed by atoms with Crippen LogP contribution in [0.1, 0.15) is 10.4 Å². The maximum Gasteiger partial charge on any atom is 0.255 e. The predicted octanol–water partition coefficient (Wildman–Crippen LogP) is 2.04. The van der Waals surface area contributed by atoms with Crippen molar-refractivity contribution in [3.05, 3.63) is 29.8 Å². The molecule has 0 aliphatic heterocycles. The van der Waals surface area contributed by atoms with Gasteiger partial charge in [0.1, 0.15) is 0 Å². The van der Waals surface area contributed by atoms with E-state index in [0.29, 0.717) is 0 Å². The highest BCUT2D eigenvalue weighted by Crippen LogP contribution is 2.13. The Balaban J connectivity index is 2.95. The van der Waals surface area contributed by atoms with Gasteiger partial charge in [-0.05, 0) is 24.3 Å². The third-order valence-corrected chi connectivity index (χ3v) is 3.83. The molecular formula is C12H14ClF2NO3S. The van der Waals surface area contributed by atoms with Crippen molar-refractivity contribution in [2.45, 2.75) is 11.3 Å². The van der Waals surface area contributed by atoms with E-state index in [1.54, 1.807) is 0 Å². The van der Waals surface area contributed by atoms with Gasteiger partial charge in [-0.25, -0.2) is 17.2 Å². The molecule has 8 heteroatoms. The van der Waals surface area contributed by atoms with Gasteiger partial charge in [0.2, 0.25) is 0 Å². The van der Waals surface area contributed by atoms with E-state index in [1.807, 2.05) is 0 Å². The molecule has 0 radical (unpaired) electrons. The fourth-order valence-corrected chi connectivity index (χ4v) is 2.41. The molecule has 0 spiro atoms. The minimum atomic E-state index is -3.36. The van der Waals surface area contributed by atoms with Gasteiger partial charge >= 0.3 is 0 Å². The van der Waals surface area contributed by atoms with Crippen LogP contribution in [-0.2, 0) is 9.84 Å². The molecule has 1 aromatic rings. The first-order chi connectivity index (χ1) is 9.25. The molecule has 0 saturated heterocycles. The molecule has 20 heavy (non-hydrogen) atoms. The molecule has 4 nitrogen and oxygen atoms in total. The first kappa shape index (κ1) is 16.8. The fraction of sp³-hybridized carbons (Fsp3) is 0.417. The normalized spacial score (nSPS) is 11.7. The zero-order valence-corrected chi connectivity index (χ0v) is 12.3. The van der Waals surface area contributed by atoms with Gasteiger partial charge in [0.05, 0.1) is 11.4 Å². The molecule has 1 rings (SSSR count). The number of carbonyl (C=O) groups excluding carboxylic acids is 1. The van der Waals surface area contributed by atoms with Gasteiger partial charge in [0.15, 0.2) is 9.84 Å². The van der Waals surface area contributed by atoms with Crippen LogP contribution in [0, 0.1) is 0 Å². The zero-order chi connectivity index (χ0) is 15.3. The Labute approximate surface area is 121 Å². The van der Waals surface area contributed by atoms with Gasteiger partial charge in [0.25, 0.3) is 12.3 Å². The molecule has 112 valence electrons. The molecule has 0 atom stereocenters. The molecule has 0 aliphatic carbocycles. The highest BCUT2D eigenvalue weighted by molar-refractivity contribution is 7.90. The van der Waals surface area contributed by atoms with Crippen molar-refractivity contribution < 1.29 is 22.0 Å². The van der Waals surface area contributed by atoms with Gasteiger partial charge in [0, 0.05) is 24.2 Å². The van der Waals surface area contributed by atoms with Crippen LogP contribution in [0.5, 0.6) is 0 Å². The summed E-state index contributed by atoms with van der Waals surface area (Å²) in [6.45, 7) is -0.710. The van der Waals surface area contributed by atoms with Gasteiger partial charge in [-0.2, -0.15) is 0 Å². The lowest BCUT2D eigenvalue weighted by Gasteiger charge is -2.21. The molecule has 0 aromatic heterocycles. The molecular weight excluding hydrogens is 312 g/mol. The van der Waals surface area contributed by atoms with E-state index in [-0.39, 0.29) is 22.9 Å². The molecule has 0 N–H and O–H groups in total. The Hall–Kier alpha value is -1.21. The van der Waals surface area contributed by atoms with Crippen LogP contribution in [0.25, 0.3) is 0 Å². The molecule has 0 unspecified atom stereocenters. The Morgan fingerprint density at radius 3 is 2.25 bits per heavy atom. The number of rotatable bonds is 6. The largest absolute Gasteiger partial charge is 0.332 e. The SMILES string of the molecule is CS(=O)(=O)c1ccc(C(=O)N(CCCl)CC(F)F)cc1. The lowest BCUT2D eigenvalue weighted by atomic mass is 10.2. The van der Waals surface area contributed by atoms with E-state index in [1.165, 1.54) is 24.3 Å². The van der Waals surface area contributed by atoms with Crippen molar-refractivity contribution in [2.75, 3.05) is 25.2 Å². The van der Waals surface area contributed by atoms with Crippen LogP contribution in [0.2, 0.25) is 0 Å². The maximum absolute atomic E-state index is 12.4. The standard InChI is InChI=1S/C12H14ClF2NO3S/c1-20(18,19)10-4-2-9(3-5-10)12(17)16(7-6-13)8-11(14)15/h2-5,11H,6-8H2,1H3. The second-order valence-corrected chi connectivity index (χ2v) is 6.52. The number of carbonyl (C=O) groups is 1. The van der Waals surface area contributed by atoms with Crippen LogP contribution in [0.15, 0.2) is 29.2 Å². The number of amides is 1. The second-order valence-electron chi connectivity index (χ2n) is 4.13. The molecule has 0 fully saturated rings. The fourth-order valence-electron chi connectivity index (χ4n) is 1.57. The maximum atomic E-state index is 12.4. The summed E-state index contributed by atoms with van der Waals surface area (Å²) < 4.78 is 47.3. The zero-order valence-electron chi connectivity index (χ0n) is 10.7. The van der Waals surface area contributed by atoms with Gasteiger partial charge in [-0.3, -0.25) is 4.79 Å². The van der Waals surface area contributed by atoms with Crippen LogP contribution in [-0.4, -0.2) is 50.9 Å². The Morgan fingerprint density at radius 1 is 1.30 bits per heavy atom. The molecule has 0 saturated carbocycles. The quantitative estimate of drug-likeness (QED) is 0.752. The Kier molecular flexibility index (Phi) is 5.88. The molecule has 0 heterocycles. The number of benzene rings is 1. The van der Waals surface area contributed by atoms with Crippen molar-refractivity contribution in [3.8, 4) is 0 Å². The topological polar surface area (TPSA) is 54.5 Å². The minimum absolute atomic E-state index is 0.00143. The van der Waals surface area contributed by atoms with E-state index < -0.39 is 28.7 Å². The number of alkyl halides is 3.